The van der Waals surface area contributed by atoms with Gasteiger partial charge in [0.25, 0.3) is 0 Å². The quantitative estimate of drug-likeness (QED) is 0.852. The highest BCUT2D eigenvalue weighted by Crippen LogP contribution is 2.41. The summed E-state index contributed by atoms with van der Waals surface area (Å²) in [7, 11) is 0. The van der Waals surface area contributed by atoms with Crippen LogP contribution in [0.15, 0.2) is 35.5 Å². The van der Waals surface area contributed by atoms with E-state index in [-0.39, 0.29) is 6.61 Å². The van der Waals surface area contributed by atoms with Gasteiger partial charge in [-0.3, -0.25) is 0 Å². The van der Waals surface area contributed by atoms with Crippen LogP contribution in [0.1, 0.15) is 42.4 Å². The van der Waals surface area contributed by atoms with Crippen LogP contribution in [0.2, 0.25) is 0 Å². The number of aliphatic hydroxyl groups excluding tert-OH is 1. The summed E-state index contributed by atoms with van der Waals surface area (Å²) >= 11 is 1.71. The SMILES string of the molecule is CC(Sc1nnc(CO)n1C1CC1)c1ccccc1. The highest BCUT2D eigenvalue weighted by molar-refractivity contribution is 7.99. The van der Waals surface area contributed by atoms with E-state index in [9.17, 15) is 5.11 Å². The van der Waals surface area contributed by atoms with Gasteiger partial charge in [0.05, 0.1) is 0 Å². The average Bonchev–Trinajstić information content (AvgIpc) is 3.21. The van der Waals surface area contributed by atoms with Gasteiger partial charge in [0.2, 0.25) is 0 Å². The van der Waals surface area contributed by atoms with Gasteiger partial charge in [-0.1, -0.05) is 42.1 Å². The number of hydrogen-bond donors (Lipinski definition) is 1. The molecule has 0 spiro atoms. The smallest absolute Gasteiger partial charge is 0.192 e. The number of nitrogens with zero attached hydrogens (tertiary/aromatic N) is 3. The molecule has 0 amide bonds. The lowest BCUT2D eigenvalue weighted by Gasteiger charge is -2.12. The van der Waals surface area contributed by atoms with E-state index >= 15 is 0 Å². The summed E-state index contributed by atoms with van der Waals surface area (Å²) in [6.45, 7) is 2.13. The van der Waals surface area contributed by atoms with Crippen LogP contribution in [-0.2, 0) is 6.61 Å². The summed E-state index contributed by atoms with van der Waals surface area (Å²) in [6.07, 6.45) is 2.33. The maximum absolute atomic E-state index is 9.33. The Balaban J connectivity index is 1.81. The normalized spacial score (nSPS) is 16.5. The van der Waals surface area contributed by atoms with Crippen molar-refractivity contribution in [3.63, 3.8) is 0 Å². The molecule has 1 N–H and O–H groups in total. The molecule has 5 heteroatoms. The predicted molar refractivity (Wildman–Crippen MR) is 74.9 cm³/mol. The van der Waals surface area contributed by atoms with Crippen molar-refractivity contribution in [1.29, 1.82) is 0 Å². The van der Waals surface area contributed by atoms with Gasteiger partial charge in [0.15, 0.2) is 11.0 Å². The van der Waals surface area contributed by atoms with E-state index in [1.807, 2.05) is 6.07 Å². The van der Waals surface area contributed by atoms with Crippen molar-refractivity contribution in [2.24, 2.45) is 0 Å². The molecule has 0 radical (unpaired) electrons. The fourth-order valence-electron chi connectivity index (χ4n) is 2.15. The monoisotopic (exact) mass is 275 g/mol. The molecule has 0 saturated heterocycles. The minimum Gasteiger partial charge on any atom is -0.388 e. The molecule has 1 aromatic heterocycles. The maximum Gasteiger partial charge on any atom is 0.192 e. The van der Waals surface area contributed by atoms with Crippen LogP contribution in [0.4, 0.5) is 0 Å². The number of aliphatic hydroxyl groups is 1. The molecule has 0 aliphatic heterocycles. The van der Waals surface area contributed by atoms with E-state index in [0.717, 1.165) is 18.0 Å². The molecule has 1 atom stereocenters. The standard InChI is InChI=1S/C14H17N3OS/c1-10(11-5-3-2-4-6-11)19-14-16-15-13(9-18)17(14)12-7-8-12/h2-6,10,12,18H,7-9H2,1H3. The highest BCUT2D eigenvalue weighted by atomic mass is 32.2. The molecule has 1 aliphatic rings. The third-order valence-electron chi connectivity index (χ3n) is 3.34. The van der Waals surface area contributed by atoms with E-state index in [1.54, 1.807) is 11.8 Å². The number of thioether (sulfide) groups is 1. The average molecular weight is 275 g/mol. The Bertz CT molecular complexity index is 551. The van der Waals surface area contributed by atoms with Crippen LogP contribution in [-0.4, -0.2) is 19.9 Å². The van der Waals surface area contributed by atoms with E-state index < -0.39 is 0 Å². The van der Waals surface area contributed by atoms with Crippen LogP contribution in [0, 0.1) is 0 Å². The van der Waals surface area contributed by atoms with Gasteiger partial charge < -0.3 is 9.67 Å². The van der Waals surface area contributed by atoms with Crippen molar-refractivity contribution in [2.45, 2.75) is 42.8 Å². The zero-order valence-electron chi connectivity index (χ0n) is 10.9. The Morgan fingerprint density at radius 3 is 2.68 bits per heavy atom. The molecule has 2 aromatic rings. The van der Waals surface area contributed by atoms with Crippen LogP contribution in [0.3, 0.4) is 0 Å². The van der Waals surface area contributed by atoms with Gasteiger partial charge in [-0.15, -0.1) is 10.2 Å². The van der Waals surface area contributed by atoms with Gasteiger partial charge in [0, 0.05) is 11.3 Å². The second kappa shape index (κ2) is 5.35. The van der Waals surface area contributed by atoms with Crippen LogP contribution in [0.25, 0.3) is 0 Å². The number of rotatable bonds is 5. The lowest BCUT2D eigenvalue weighted by atomic mass is 10.2. The summed E-state index contributed by atoms with van der Waals surface area (Å²) in [4.78, 5) is 0. The lowest BCUT2D eigenvalue weighted by Crippen LogP contribution is -2.03. The maximum atomic E-state index is 9.33. The second-order valence-corrected chi connectivity index (χ2v) is 6.14. The van der Waals surface area contributed by atoms with Crippen LogP contribution >= 0.6 is 11.8 Å². The van der Waals surface area contributed by atoms with Gasteiger partial charge in [-0.05, 0) is 25.3 Å². The predicted octanol–water partition coefficient (Wildman–Crippen LogP) is 2.96. The Labute approximate surface area is 116 Å². The summed E-state index contributed by atoms with van der Waals surface area (Å²) < 4.78 is 2.10. The van der Waals surface area contributed by atoms with Crippen LogP contribution in [0.5, 0.6) is 0 Å². The molecule has 0 bridgehead atoms. The number of aromatic nitrogens is 3. The fraction of sp³-hybridized carbons (Fsp3) is 0.429. The van der Waals surface area contributed by atoms with Gasteiger partial charge >= 0.3 is 0 Å². The first-order chi connectivity index (χ1) is 9.29. The molecule has 1 aliphatic carbocycles. The zero-order chi connectivity index (χ0) is 13.2. The molecule has 1 fully saturated rings. The molecule has 1 unspecified atom stereocenters. The molecule has 3 rings (SSSR count). The summed E-state index contributed by atoms with van der Waals surface area (Å²) in [5.74, 6) is 0.685. The summed E-state index contributed by atoms with van der Waals surface area (Å²) in [6, 6.07) is 10.9. The molecule has 1 saturated carbocycles. The van der Waals surface area contributed by atoms with Gasteiger partial charge in [0.1, 0.15) is 6.61 Å². The van der Waals surface area contributed by atoms with E-state index in [1.165, 1.54) is 5.56 Å². The van der Waals surface area contributed by atoms with Gasteiger partial charge in [-0.25, -0.2) is 0 Å². The van der Waals surface area contributed by atoms with Gasteiger partial charge in [-0.2, -0.15) is 0 Å². The molecular weight excluding hydrogens is 258 g/mol. The highest BCUT2D eigenvalue weighted by Gasteiger charge is 2.30. The van der Waals surface area contributed by atoms with Crippen molar-refractivity contribution in [3.05, 3.63) is 41.7 Å². The lowest BCUT2D eigenvalue weighted by molar-refractivity contribution is 0.263. The van der Waals surface area contributed by atoms with E-state index in [2.05, 4.69) is 46.0 Å². The van der Waals surface area contributed by atoms with Crippen molar-refractivity contribution in [3.8, 4) is 0 Å². The first-order valence-electron chi connectivity index (χ1n) is 6.56. The Morgan fingerprint density at radius 1 is 1.32 bits per heavy atom. The van der Waals surface area contributed by atoms with E-state index in [0.29, 0.717) is 17.1 Å². The van der Waals surface area contributed by atoms with Crippen LogP contribution < -0.4 is 0 Å². The molecule has 100 valence electrons. The third-order valence-corrected chi connectivity index (χ3v) is 4.45. The van der Waals surface area contributed by atoms with Crippen molar-refractivity contribution in [1.82, 2.24) is 14.8 Å². The third kappa shape index (κ3) is 2.67. The Morgan fingerprint density at radius 2 is 2.05 bits per heavy atom. The number of hydrogen-bond acceptors (Lipinski definition) is 4. The molecule has 4 nitrogen and oxygen atoms in total. The first-order valence-corrected chi connectivity index (χ1v) is 7.44. The van der Waals surface area contributed by atoms with E-state index in [4.69, 9.17) is 0 Å². The Kier molecular flexibility index (Phi) is 3.57. The summed E-state index contributed by atoms with van der Waals surface area (Å²) in [5.41, 5.74) is 1.28. The van der Waals surface area contributed by atoms with Crippen molar-refractivity contribution in [2.75, 3.05) is 0 Å². The largest absolute Gasteiger partial charge is 0.388 e. The molecule has 1 heterocycles. The topological polar surface area (TPSA) is 50.9 Å². The minimum absolute atomic E-state index is 0.0379. The number of benzene rings is 1. The zero-order valence-corrected chi connectivity index (χ0v) is 11.7. The Hall–Kier alpha value is -1.33. The minimum atomic E-state index is -0.0379. The summed E-state index contributed by atoms with van der Waals surface area (Å²) in [5, 5.41) is 18.9. The van der Waals surface area contributed by atoms with Crippen molar-refractivity contribution < 1.29 is 5.11 Å². The molecule has 1 aromatic carbocycles. The molecule has 19 heavy (non-hydrogen) atoms. The molecular formula is C14H17N3OS. The van der Waals surface area contributed by atoms with Crippen molar-refractivity contribution >= 4 is 11.8 Å². The first kappa shape index (κ1) is 12.7. The second-order valence-electron chi connectivity index (χ2n) is 4.83. The fourth-order valence-corrected chi connectivity index (χ4v) is 3.21.